The van der Waals surface area contributed by atoms with Crippen molar-refractivity contribution in [2.24, 2.45) is 0 Å². The van der Waals surface area contributed by atoms with Crippen LogP contribution in [0, 0.1) is 6.92 Å². The molecule has 0 amide bonds. The molecule has 3 aromatic heterocycles. The van der Waals surface area contributed by atoms with E-state index in [-0.39, 0.29) is 6.10 Å². The highest BCUT2D eigenvalue weighted by Crippen LogP contribution is 2.34. The molecule has 158 valence electrons. The number of esters is 1. The first-order valence-corrected chi connectivity index (χ1v) is 10.2. The first kappa shape index (κ1) is 21.6. The predicted octanol–water partition coefficient (Wildman–Crippen LogP) is 4.32. The van der Waals surface area contributed by atoms with Crippen molar-refractivity contribution in [2.75, 3.05) is 6.61 Å². The van der Waals surface area contributed by atoms with Crippen molar-refractivity contribution in [3.05, 3.63) is 47.6 Å². The first-order chi connectivity index (χ1) is 14.4. The third-order valence-corrected chi connectivity index (χ3v) is 4.59. The number of aromatic nitrogens is 4. The van der Waals surface area contributed by atoms with Gasteiger partial charge in [-0.3, -0.25) is 4.98 Å². The molecule has 0 saturated heterocycles. The van der Waals surface area contributed by atoms with Crippen LogP contribution < -0.4 is 0 Å². The minimum Gasteiger partial charge on any atom is -0.463 e. The molecule has 0 spiro atoms. The zero-order valence-electron chi connectivity index (χ0n) is 18.2. The summed E-state index contributed by atoms with van der Waals surface area (Å²) in [6.45, 7) is 11.1. The standard InChI is InChI=1S/C23H28N4O3/c1-6-27-23-19(13-25-27)22(17-10-16(5)11-24-12-17)18(8-9-21(28)29-7-2)20(26-23)14-30-15(3)4/h8-13,15H,6-7,14H2,1-5H3/b9-8+. The third kappa shape index (κ3) is 4.74. The van der Waals surface area contributed by atoms with Crippen molar-refractivity contribution >= 4 is 23.1 Å². The summed E-state index contributed by atoms with van der Waals surface area (Å²) < 4.78 is 12.8. The Balaban J connectivity index is 2.29. The maximum Gasteiger partial charge on any atom is 0.330 e. The summed E-state index contributed by atoms with van der Waals surface area (Å²) in [4.78, 5) is 21.3. The molecule has 0 aliphatic heterocycles. The van der Waals surface area contributed by atoms with Crippen LogP contribution in [-0.4, -0.2) is 38.4 Å². The Morgan fingerprint density at radius 1 is 1.23 bits per heavy atom. The van der Waals surface area contributed by atoms with Crippen LogP contribution in [0.15, 0.2) is 30.7 Å². The van der Waals surface area contributed by atoms with Gasteiger partial charge in [-0.25, -0.2) is 14.5 Å². The lowest BCUT2D eigenvalue weighted by Crippen LogP contribution is -2.08. The van der Waals surface area contributed by atoms with E-state index in [1.807, 2.05) is 51.0 Å². The smallest absolute Gasteiger partial charge is 0.330 e. The Morgan fingerprint density at radius 2 is 2.03 bits per heavy atom. The second-order valence-electron chi connectivity index (χ2n) is 7.24. The number of rotatable bonds is 8. The summed E-state index contributed by atoms with van der Waals surface area (Å²) in [6.07, 6.45) is 8.68. The molecule has 0 N–H and O–H groups in total. The molecule has 3 rings (SSSR count). The summed E-state index contributed by atoms with van der Waals surface area (Å²) in [5.74, 6) is -0.397. The van der Waals surface area contributed by atoms with Gasteiger partial charge in [0.05, 0.1) is 31.2 Å². The van der Waals surface area contributed by atoms with Crippen molar-refractivity contribution in [3.63, 3.8) is 0 Å². The number of aryl methyl sites for hydroxylation is 2. The lowest BCUT2D eigenvalue weighted by atomic mass is 9.96. The molecule has 3 heterocycles. The molecule has 0 atom stereocenters. The van der Waals surface area contributed by atoms with E-state index in [1.54, 1.807) is 13.0 Å². The molecule has 7 heteroatoms. The van der Waals surface area contributed by atoms with Crippen LogP contribution in [0.1, 0.15) is 44.5 Å². The van der Waals surface area contributed by atoms with Crippen LogP contribution in [0.25, 0.3) is 28.2 Å². The lowest BCUT2D eigenvalue weighted by molar-refractivity contribution is -0.137. The number of pyridine rings is 2. The van der Waals surface area contributed by atoms with E-state index < -0.39 is 5.97 Å². The van der Waals surface area contributed by atoms with Crippen LogP contribution in [0.2, 0.25) is 0 Å². The molecule has 0 unspecified atom stereocenters. The highest BCUT2D eigenvalue weighted by molar-refractivity contribution is 5.99. The summed E-state index contributed by atoms with van der Waals surface area (Å²) in [6, 6.07) is 2.07. The Morgan fingerprint density at radius 3 is 2.70 bits per heavy atom. The highest BCUT2D eigenvalue weighted by atomic mass is 16.5. The van der Waals surface area contributed by atoms with Gasteiger partial charge in [0.25, 0.3) is 0 Å². The maximum atomic E-state index is 12.0. The van der Waals surface area contributed by atoms with Crippen LogP contribution in [-0.2, 0) is 27.4 Å². The Hall–Kier alpha value is -3.06. The number of ether oxygens (including phenoxy) is 2. The summed E-state index contributed by atoms with van der Waals surface area (Å²) in [5.41, 5.74) is 5.24. The van der Waals surface area contributed by atoms with Gasteiger partial charge in [0.15, 0.2) is 5.65 Å². The topological polar surface area (TPSA) is 79.1 Å². The van der Waals surface area contributed by atoms with Crippen molar-refractivity contribution < 1.29 is 14.3 Å². The van der Waals surface area contributed by atoms with Crippen LogP contribution >= 0.6 is 0 Å². The number of hydrogen-bond acceptors (Lipinski definition) is 6. The average Bonchev–Trinajstić information content (AvgIpc) is 3.12. The second kappa shape index (κ2) is 9.63. The molecule has 0 aromatic carbocycles. The zero-order valence-corrected chi connectivity index (χ0v) is 18.2. The molecule has 7 nitrogen and oxygen atoms in total. The SMILES string of the molecule is CCOC(=O)/C=C/c1c(COC(C)C)nc2c(cnn2CC)c1-c1cncc(C)c1. The van der Waals surface area contributed by atoms with Gasteiger partial charge in [0, 0.05) is 47.1 Å². The van der Waals surface area contributed by atoms with Crippen LogP contribution in [0.3, 0.4) is 0 Å². The van der Waals surface area contributed by atoms with Gasteiger partial charge in [0.1, 0.15) is 0 Å². The quantitative estimate of drug-likeness (QED) is 0.408. The van der Waals surface area contributed by atoms with Gasteiger partial charge in [-0.15, -0.1) is 0 Å². The number of carbonyl (C=O) groups excluding carboxylic acids is 1. The van der Waals surface area contributed by atoms with Crippen LogP contribution in [0.5, 0.6) is 0 Å². The molecule has 0 saturated carbocycles. The Kier molecular flexibility index (Phi) is 6.95. The van der Waals surface area contributed by atoms with Gasteiger partial charge in [0.2, 0.25) is 0 Å². The molecule has 3 aromatic rings. The van der Waals surface area contributed by atoms with Gasteiger partial charge in [-0.1, -0.05) is 0 Å². The molecular formula is C23H28N4O3. The molecule has 0 bridgehead atoms. The number of nitrogens with zero attached hydrogens (tertiary/aromatic N) is 4. The molecule has 0 aliphatic rings. The minimum absolute atomic E-state index is 0.0459. The first-order valence-electron chi connectivity index (χ1n) is 10.2. The van der Waals surface area contributed by atoms with Crippen LogP contribution in [0.4, 0.5) is 0 Å². The van der Waals surface area contributed by atoms with E-state index in [2.05, 4.69) is 16.1 Å². The second-order valence-corrected chi connectivity index (χ2v) is 7.24. The summed E-state index contributed by atoms with van der Waals surface area (Å²) in [5, 5.41) is 5.41. The molecular weight excluding hydrogens is 380 g/mol. The maximum absolute atomic E-state index is 12.0. The fraction of sp³-hybridized carbons (Fsp3) is 0.391. The summed E-state index contributed by atoms with van der Waals surface area (Å²) >= 11 is 0. The highest BCUT2D eigenvalue weighted by Gasteiger charge is 2.19. The fourth-order valence-corrected chi connectivity index (χ4v) is 3.26. The Labute approximate surface area is 176 Å². The largest absolute Gasteiger partial charge is 0.463 e. The van der Waals surface area contributed by atoms with E-state index >= 15 is 0 Å². The minimum atomic E-state index is -0.397. The lowest BCUT2D eigenvalue weighted by Gasteiger charge is -2.15. The van der Waals surface area contributed by atoms with Gasteiger partial charge < -0.3 is 9.47 Å². The van der Waals surface area contributed by atoms with Crippen molar-refractivity contribution in [2.45, 2.75) is 53.9 Å². The fourth-order valence-electron chi connectivity index (χ4n) is 3.26. The van der Waals surface area contributed by atoms with Gasteiger partial charge in [-0.2, -0.15) is 5.10 Å². The van der Waals surface area contributed by atoms with E-state index in [0.717, 1.165) is 39.0 Å². The molecule has 30 heavy (non-hydrogen) atoms. The molecule has 0 fully saturated rings. The van der Waals surface area contributed by atoms with Gasteiger partial charge in [-0.05, 0) is 52.3 Å². The van der Waals surface area contributed by atoms with E-state index in [4.69, 9.17) is 14.5 Å². The van der Waals surface area contributed by atoms with E-state index in [1.165, 1.54) is 6.08 Å². The monoisotopic (exact) mass is 408 g/mol. The predicted molar refractivity (Wildman–Crippen MR) is 117 cm³/mol. The summed E-state index contributed by atoms with van der Waals surface area (Å²) in [7, 11) is 0. The normalized spacial score (nSPS) is 11.7. The third-order valence-electron chi connectivity index (χ3n) is 4.59. The van der Waals surface area contributed by atoms with Crippen molar-refractivity contribution in [1.29, 1.82) is 0 Å². The number of fused-ring (bicyclic) bond motifs is 1. The van der Waals surface area contributed by atoms with E-state index in [0.29, 0.717) is 19.8 Å². The van der Waals surface area contributed by atoms with Crippen molar-refractivity contribution in [1.82, 2.24) is 19.7 Å². The molecule has 0 radical (unpaired) electrons. The zero-order chi connectivity index (χ0) is 21.7. The van der Waals surface area contributed by atoms with Gasteiger partial charge >= 0.3 is 5.97 Å². The van der Waals surface area contributed by atoms with E-state index in [9.17, 15) is 4.79 Å². The number of carbonyl (C=O) groups is 1. The molecule has 0 aliphatic carbocycles. The average molecular weight is 409 g/mol. The Bertz CT molecular complexity index is 1070. The number of hydrogen-bond donors (Lipinski definition) is 0. The van der Waals surface area contributed by atoms with Crippen molar-refractivity contribution in [3.8, 4) is 11.1 Å².